The Bertz CT molecular complexity index is 537. The van der Waals surface area contributed by atoms with Crippen LogP contribution in [0.25, 0.3) is 0 Å². The molecule has 1 amide bonds. The van der Waals surface area contributed by atoms with Gasteiger partial charge in [0.25, 0.3) is 0 Å². The third-order valence-corrected chi connectivity index (χ3v) is 4.06. The highest BCUT2D eigenvalue weighted by Gasteiger charge is 2.24. The Morgan fingerprint density at radius 3 is 2.67 bits per heavy atom. The van der Waals surface area contributed by atoms with Crippen molar-refractivity contribution in [3.8, 4) is 5.75 Å². The standard InChI is InChI=1S/C18H25NO5/c1-2-23-15-8-6-13(7-9-15)11-14(18(21)22)12-19-17(20)16-5-3-4-10-24-16/h6-9,14,16H,2-5,10-12H2,1H3,(H,19,20)(H,21,22). The molecule has 2 N–H and O–H groups in total. The zero-order valence-electron chi connectivity index (χ0n) is 14.0. The summed E-state index contributed by atoms with van der Waals surface area (Å²) in [4.78, 5) is 23.5. The Balaban J connectivity index is 1.87. The van der Waals surface area contributed by atoms with Crippen molar-refractivity contribution in [1.82, 2.24) is 5.32 Å². The number of ether oxygens (including phenoxy) is 2. The van der Waals surface area contributed by atoms with Gasteiger partial charge in [-0.2, -0.15) is 0 Å². The number of carbonyl (C=O) groups is 2. The number of hydrogen-bond acceptors (Lipinski definition) is 4. The van der Waals surface area contributed by atoms with Crippen molar-refractivity contribution in [2.24, 2.45) is 5.92 Å². The van der Waals surface area contributed by atoms with E-state index in [-0.39, 0.29) is 12.5 Å². The Labute approximate surface area is 142 Å². The van der Waals surface area contributed by atoms with Crippen LogP contribution in [0, 0.1) is 5.92 Å². The summed E-state index contributed by atoms with van der Waals surface area (Å²) in [7, 11) is 0. The van der Waals surface area contributed by atoms with Crippen LogP contribution in [0.5, 0.6) is 5.75 Å². The molecule has 1 saturated heterocycles. The molecule has 132 valence electrons. The van der Waals surface area contributed by atoms with Gasteiger partial charge < -0.3 is 19.9 Å². The molecule has 0 saturated carbocycles. The van der Waals surface area contributed by atoms with Crippen molar-refractivity contribution in [2.45, 2.75) is 38.7 Å². The first-order valence-electron chi connectivity index (χ1n) is 8.44. The van der Waals surface area contributed by atoms with Crippen molar-refractivity contribution < 1.29 is 24.2 Å². The van der Waals surface area contributed by atoms with Crippen LogP contribution in [0.2, 0.25) is 0 Å². The van der Waals surface area contributed by atoms with Crippen molar-refractivity contribution >= 4 is 11.9 Å². The minimum atomic E-state index is -0.922. The van der Waals surface area contributed by atoms with Crippen LogP contribution < -0.4 is 10.1 Å². The second-order valence-electron chi connectivity index (χ2n) is 5.92. The molecule has 0 spiro atoms. The number of nitrogens with one attached hydrogen (secondary N) is 1. The Kier molecular flexibility index (Phi) is 7.06. The van der Waals surface area contributed by atoms with E-state index >= 15 is 0 Å². The molecule has 6 nitrogen and oxygen atoms in total. The molecule has 0 radical (unpaired) electrons. The lowest BCUT2D eigenvalue weighted by Crippen LogP contribution is -2.42. The largest absolute Gasteiger partial charge is 0.494 e. The second-order valence-corrected chi connectivity index (χ2v) is 5.92. The zero-order valence-corrected chi connectivity index (χ0v) is 14.0. The van der Waals surface area contributed by atoms with Crippen LogP contribution in [0.15, 0.2) is 24.3 Å². The normalized spacial score (nSPS) is 18.6. The average molecular weight is 335 g/mol. The highest BCUT2D eigenvalue weighted by Crippen LogP contribution is 2.16. The van der Waals surface area contributed by atoms with E-state index in [4.69, 9.17) is 9.47 Å². The van der Waals surface area contributed by atoms with E-state index in [0.717, 1.165) is 24.2 Å². The van der Waals surface area contributed by atoms with Gasteiger partial charge in [0.2, 0.25) is 5.91 Å². The molecule has 6 heteroatoms. The number of hydrogen-bond donors (Lipinski definition) is 2. The third kappa shape index (κ3) is 5.53. The highest BCUT2D eigenvalue weighted by atomic mass is 16.5. The summed E-state index contributed by atoms with van der Waals surface area (Å²) in [5.74, 6) is -1.05. The van der Waals surface area contributed by atoms with Crippen molar-refractivity contribution in [2.75, 3.05) is 19.8 Å². The molecular weight excluding hydrogens is 310 g/mol. The van der Waals surface area contributed by atoms with Gasteiger partial charge in [-0.15, -0.1) is 0 Å². The maximum atomic E-state index is 12.0. The maximum Gasteiger partial charge on any atom is 0.308 e. The number of carboxylic acids is 1. The van der Waals surface area contributed by atoms with Gasteiger partial charge in [0.15, 0.2) is 0 Å². The predicted octanol–water partition coefficient (Wildman–Crippen LogP) is 2.01. The van der Waals surface area contributed by atoms with Crippen LogP contribution in [-0.4, -0.2) is 42.8 Å². The van der Waals surface area contributed by atoms with Crippen LogP contribution in [0.1, 0.15) is 31.7 Å². The Morgan fingerprint density at radius 1 is 1.33 bits per heavy atom. The second kappa shape index (κ2) is 9.27. The summed E-state index contributed by atoms with van der Waals surface area (Å²) in [6.07, 6.45) is 2.54. The highest BCUT2D eigenvalue weighted by molar-refractivity contribution is 5.81. The fourth-order valence-corrected chi connectivity index (χ4v) is 2.70. The first-order chi connectivity index (χ1) is 11.6. The minimum absolute atomic E-state index is 0.0985. The summed E-state index contributed by atoms with van der Waals surface area (Å²) < 4.78 is 10.8. The molecule has 2 unspecified atom stereocenters. The van der Waals surface area contributed by atoms with Crippen molar-refractivity contribution in [3.63, 3.8) is 0 Å². The van der Waals surface area contributed by atoms with Gasteiger partial charge in [0.05, 0.1) is 12.5 Å². The minimum Gasteiger partial charge on any atom is -0.494 e. The summed E-state index contributed by atoms with van der Waals surface area (Å²) in [5, 5.41) is 12.1. The van der Waals surface area contributed by atoms with Crippen molar-refractivity contribution in [3.05, 3.63) is 29.8 Å². The number of aliphatic carboxylic acids is 1. The first-order valence-corrected chi connectivity index (χ1v) is 8.44. The molecular formula is C18H25NO5. The van der Waals surface area contributed by atoms with E-state index in [2.05, 4.69) is 5.32 Å². The predicted molar refractivity (Wildman–Crippen MR) is 89.0 cm³/mol. The van der Waals surface area contributed by atoms with Gasteiger partial charge >= 0.3 is 5.97 Å². The molecule has 2 atom stereocenters. The molecule has 2 rings (SSSR count). The Hall–Kier alpha value is -2.08. The topological polar surface area (TPSA) is 84.9 Å². The number of rotatable bonds is 8. The Morgan fingerprint density at radius 2 is 2.08 bits per heavy atom. The molecule has 1 fully saturated rings. The fourth-order valence-electron chi connectivity index (χ4n) is 2.70. The lowest BCUT2D eigenvalue weighted by molar-refractivity contribution is -0.142. The number of carbonyl (C=O) groups excluding carboxylic acids is 1. The molecule has 1 aromatic carbocycles. The molecule has 1 heterocycles. The molecule has 0 bridgehead atoms. The SMILES string of the molecule is CCOc1ccc(CC(CNC(=O)C2CCCCO2)C(=O)O)cc1. The molecule has 1 aliphatic rings. The van der Waals surface area contributed by atoms with E-state index in [1.165, 1.54) is 0 Å². The number of benzene rings is 1. The van der Waals surface area contributed by atoms with E-state index in [1.807, 2.05) is 31.2 Å². The van der Waals surface area contributed by atoms with Crippen LogP contribution >= 0.6 is 0 Å². The summed E-state index contributed by atoms with van der Waals surface area (Å²) in [5.41, 5.74) is 0.897. The van der Waals surface area contributed by atoms with E-state index in [0.29, 0.717) is 26.1 Å². The van der Waals surface area contributed by atoms with Gasteiger partial charge in [-0.25, -0.2) is 0 Å². The number of amides is 1. The molecule has 1 aliphatic heterocycles. The summed E-state index contributed by atoms with van der Waals surface area (Å²) in [6, 6.07) is 7.36. The maximum absolute atomic E-state index is 12.0. The van der Waals surface area contributed by atoms with E-state index in [9.17, 15) is 14.7 Å². The average Bonchev–Trinajstić information content (AvgIpc) is 2.60. The quantitative estimate of drug-likeness (QED) is 0.759. The molecule has 1 aromatic rings. The smallest absolute Gasteiger partial charge is 0.308 e. The van der Waals surface area contributed by atoms with Gasteiger partial charge in [0.1, 0.15) is 11.9 Å². The van der Waals surface area contributed by atoms with Gasteiger partial charge in [-0.1, -0.05) is 12.1 Å². The lowest BCUT2D eigenvalue weighted by Gasteiger charge is -2.22. The van der Waals surface area contributed by atoms with Crippen LogP contribution in [-0.2, 0) is 20.7 Å². The monoisotopic (exact) mass is 335 g/mol. The van der Waals surface area contributed by atoms with Gasteiger partial charge in [0, 0.05) is 13.2 Å². The van der Waals surface area contributed by atoms with Crippen LogP contribution in [0.3, 0.4) is 0 Å². The van der Waals surface area contributed by atoms with Crippen molar-refractivity contribution in [1.29, 1.82) is 0 Å². The lowest BCUT2D eigenvalue weighted by atomic mass is 9.99. The van der Waals surface area contributed by atoms with Gasteiger partial charge in [-0.05, 0) is 50.3 Å². The number of carboxylic acid groups (broad SMARTS) is 1. The van der Waals surface area contributed by atoms with Gasteiger partial charge in [-0.3, -0.25) is 9.59 Å². The molecule has 24 heavy (non-hydrogen) atoms. The molecule has 0 aliphatic carbocycles. The molecule has 0 aromatic heterocycles. The zero-order chi connectivity index (χ0) is 17.4. The third-order valence-electron chi connectivity index (χ3n) is 4.06. The van der Waals surface area contributed by atoms with E-state index < -0.39 is 18.0 Å². The first kappa shape index (κ1) is 18.3. The fraction of sp³-hybridized carbons (Fsp3) is 0.556. The van der Waals surface area contributed by atoms with Crippen LogP contribution in [0.4, 0.5) is 0 Å². The van der Waals surface area contributed by atoms with E-state index in [1.54, 1.807) is 0 Å². The summed E-state index contributed by atoms with van der Waals surface area (Å²) >= 11 is 0. The summed E-state index contributed by atoms with van der Waals surface area (Å²) in [6.45, 7) is 3.19.